The smallest absolute Gasteiger partial charge is 0.252 e. The van der Waals surface area contributed by atoms with Crippen molar-refractivity contribution in [2.75, 3.05) is 0 Å². The first kappa shape index (κ1) is 15.4. The van der Waals surface area contributed by atoms with Crippen LogP contribution in [-0.2, 0) is 4.79 Å². The molecule has 2 rings (SSSR count). The molecule has 0 aliphatic rings. The Bertz CT molecular complexity index is 654. The summed E-state index contributed by atoms with van der Waals surface area (Å²) in [7, 11) is 0. The summed E-state index contributed by atoms with van der Waals surface area (Å²) in [6.45, 7) is 0. The van der Waals surface area contributed by atoms with Crippen LogP contribution in [0.25, 0.3) is 6.08 Å². The molecular weight excluding hydrogens is 278 g/mol. The van der Waals surface area contributed by atoms with Crippen LogP contribution in [0.1, 0.15) is 22.3 Å². The van der Waals surface area contributed by atoms with Crippen LogP contribution in [0.5, 0.6) is 0 Å². The number of pyridine rings is 1. The number of nitrogens with two attached hydrogens (primary N) is 1. The van der Waals surface area contributed by atoms with E-state index in [1.54, 1.807) is 12.1 Å². The van der Waals surface area contributed by atoms with Gasteiger partial charge in [0.2, 0.25) is 5.91 Å². The van der Waals surface area contributed by atoms with Gasteiger partial charge in [0.05, 0.1) is 0 Å². The summed E-state index contributed by atoms with van der Waals surface area (Å²) in [6.07, 6.45) is 7.07. The second-order valence-corrected chi connectivity index (χ2v) is 4.71. The van der Waals surface area contributed by atoms with E-state index < -0.39 is 11.9 Å². The number of aromatic nitrogens is 1. The largest absolute Gasteiger partial charge is 0.368 e. The van der Waals surface area contributed by atoms with E-state index in [9.17, 15) is 9.59 Å². The van der Waals surface area contributed by atoms with Crippen molar-refractivity contribution < 1.29 is 9.59 Å². The Balaban J connectivity index is 1.97. The molecule has 0 aliphatic heterocycles. The van der Waals surface area contributed by atoms with E-state index in [0.29, 0.717) is 12.0 Å². The standard InChI is InChI=1S/C17H17N3O2/c18-16(21)15(8-4-7-13-5-2-1-3-6-13)20-17(22)14-9-11-19-12-10-14/h1-7,9-12,15H,8H2,(H2,18,21)(H,20,22)/b7-4+/t15-/m1/s1. The molecular formula is C17H17N3O2. The summed E-state index contributed by atoms with van der Waals surface area (Å²) in [5.41, 5.74) is 6.80. The second kappa shape index (κ2) is 7.73. The number of primary amides is 1. The fraction of sp³-hybridized carbons (Fsp3) is 0.118. The van der Waals surface area contributed by atoms with Gasteiger partial charge in [0, 0.05) is 18.0 Å². The number of benzene rings is 1. The molecule has 0 fully saturated rings. The maximum absolute atomic E-state index is 12.0. The number of hydrogen-bond acceptors (Lipinski definition) is 3. The average molecular weight is 295 g/mol. The predicted molar refractivity (Wildman–Crippen MR) is 84.8 cm³/mol. The van der Waals surface area contributed by atoms with E-state index in [0.717, 1.165) is 5.56 Å². The average Bonchev–Trinajstić information content (AvgIpc) is 2.55. The number of nitrogens with zero attached hydrogens (tertiary/aromatic N) is 1. The quantitative estimate of drug-likeness (QED) is 0.851. The molecule has 5 nitrogen and oxygen atoms in total. The van der Waals surface area contributed by atoms with Gasteiger partial charge in [-0.25, -0.2) is 0 Å². The molecule has 0 radical (unpaired) electrons. The van der Waals surface area contributed by atoms with Crippen LogP contribution in [0.15, 0.2) is 60.9 Å². The van der Waals surface area contributed by atoms with Crippen molar-refractivity contribution in [1.29, 1.82) is 0 Å². The maximum atomic E-state index is 12.0. The zero-order valence-corrected chi connectivity index (χ0v) is 12.0. The van der Waals surface area contributed by atoms with Gasteiger partial charge >= 0.3 is 0 Å². The minimum Gasteiger partial charge on any atom is -0.368 e. The van der Waals surface area contributed by atoms with Crippen molar-refractivity contribution in [3.63, 3.8) is 0 Å². The van der Waals surface area contributed by atoms with Crippen molar-refractivity contribution >= 4 is 17.9 Å². The maximum Gasteiger partial charge on any atom is 0.252 e. The SMILES string of the molecule is NC(=O)[C@@H](C/C=C/c1ccccc1)NC(=O)c1ccncc1. The number of carbonyl (C=O) groups excluding carboxylic acids is 2. The summed E-state index contributed by atoms with van der Waals surface area (Å²) in [6, 6.07) is 12.1. The van der Waals surface area contributed by atoms with Crippen molar-refractivity contribution in [3.05, 3.63) is 72.1 Å². The molecule has 5 heteroatoms. The molecule has 22 heavy (non-hydrogen) atoms. The van der Waals surface area contributed by atoms with Crippen molar-refractivity contribution in [1.82, 2.24) is 10.3 Å². The molecule has 2 aromatic rings. The Morgan fingerprint density at radius 2 is 1.82 bits per heavy atom. The van der Waals surface area contributed by atoms with E-state index in [2.05, 4.69) is 10.3 Å². The lowest BCUT2D eigenvalue weighted by Crippen LogP contribution is -2.44. The zero-order chi connectivity index (χ0) is 15.8. The molecule has 1 aromatic carbocycles. The highest BCUT2D eigenvalue weighted by atomic mass is 16.2. The monoisotopic (exact) mass is 295 g/mol. The molecule has 0 spiro atoms. The molecule has 1 heterocycles. The third-order valence-electron chi connectivity index (χ3n) is 3.07. The molecule has 0 saturated heterocycles. The normalized spacial score (nSPS) is 12.0. The van der Waals surface area contributed by atoms with Crippen molar-refractivity contribution in [2.24, 2.45) is 5.73 Å². The van der Waals surface area contributed by atoms with E-state index in [1.807, 2.05) is 42.5 Å². The lowest BCUT2D eigenvalue weighted by Gasteiger charge is -2.13. The van der Waals surface area contributed by atoms with Gasteiger partial charge in [-0.2, -0.15) is 0 Å². The zero-order valence-electron chi connectivity index (χ0n) is 12.0. The highest BCUT2D eigenvalue weighted by Crippen LogP contribution is 2.04. The number of rotatable bonds is 6. The second-order valence-electron chi connectivity index (χ2n) is 4.71. The van der Waals surface area contributed by atoms with Crippen LogP contribution < -0.4 is 11.1 Å². The first-order valence-corrected chi connectivity index (χ1v) is 6.88. The van der Waals surface area contributed by atoms with Gasteiger partial charge in [-0.3, -0.25) is 14.6 Å². The van der Waals surface area contributed by atoms with E-state index in [-0.39, 0.29) is 5.91 Å². The summed E-state index contributed by atoms with van der Waals surface area (Å²) in [5.74, 6) is -0.917. The predicted octanol–water partition coefficient (Wildman–Crippen LogP) is 1.77. The van der Waals surface area contributed by atoms with Gasteiger partial charge in [0.15, 0.2) is 0 Å². The molecule has 2 amide bonds. The lowest BCUT2D eigenvalue weighted by molar-refractivity contribution is -0.119. The third kappa shape index (κ3) is 4.56. The van der Waals surface area contributed by atoms with Crippen molar-refractivity contribution in [3.8, 4) is 0 Å². The van der Waals surface area contributed by atoms with E-state index in [1.165, 1.54) is 12.4 Å². The van der Waals surface area contributed by atoms with Gasteiger partial charge in [-0.05, 0) is 24.1 Å². The Labute approximate surface area is 128 Å². The van der Waals surface area contributed by atoms with E-state index in [4.69, 9.17) is 5.73 Å². The molecule has 1 atom stereocenters. The van der Waals surface area contributed by atoms with Gasteiger partial charge in [0.1, 0.15) is 6.04 Å². The van der Waals surface area contributed by atoms with Gasteiger partial charge in [0.25, 0.3) is 5.91 Å². The van der Waals surface area contributed by atoms with Crippen LogP contribution in [0.4, 0.5) is 0 Å². The fourth-order valence-electron chi connectivity index (χ4n) is 1.90. The molecule has 0 aliphatic carbocycles. The van der Waals surface area contributed by atoms with Gasteiger partial charge in [-0.1, -0.05) is 42.5 Å². The molecule has 1 aromatic heterocycles. The minimum atomic E-state index is -0.749. The van der Waals surface area contributed by atoms with Gasteiger partial charge in [-0.15, -0.1) is 0 Å². The summed E-state index contributed by atoms with van der Waals surface area (Å²) < 4.78 is 0. The lowest BCUT2D eigenvalue weighted by atomic mass is 10.1. The van der Waals surface area contributed by atoms with Crippen LogP contribution in [-0.4, -0.2) is 22.8 Å². The van der Waals surface area contributed by atoms with Crippen LogP contribution in [0.3, 0.4) is 0 Å². The first-order valence-electron chi connectivity index (χ1n) is 6.88. The van der Waals surface area contributed by atoms with Crippen LogP contribution in [0.2, 0.25) is 0 Å². The number of nitrogens with one attached hydrogen (secondary N) is 1. The molecule has 3 N–H and O–H groups in total. The molecule has 0 unspecified atom stereocenters. The Morgan fingerprint density at radius 3 is 2.45 bits per heavy atom. The third-order valence-corrected chi connectivity index (χ3v) is 3.07. The van der Waals surface area contributed by atoms with Crippen molar-refractivity contribution in [2.45, 2.75) is 12.5 Å². The summed E-state index contributed by atoms with van der Waals surface area (Å²) in [4.78, 5) is 27.3. The Hall–Kier alpha value is -2.95. The molecule has 112 valence electrons. The Kier molecular flexibility index (Phi) is 5.43. The van der Waals surface area contributed by atoms with E-state index >= 15 is 0 Å². The number of carbonyl (C=O) groups is 2. The molecule has 0 bridgehead atoms. The molecule has 0 saturated carbocycles. The minimum absolute atomic E-state index is 0.334. The van der Waals surface area contributed by atoms with Gasteiger partial charge < -0.3 is 11.1 Å². The first-order chi connectivity index (χ1) is 10.7. The Morgan fingerprint density at radius 1 is 1.14 bits per heavy atom. The fourth-order valence-corrected chi connectivity index (χ4v) is 1.90. The van der Waals surface area contributed by atoms with Crippen LogP contribution in [0, 0.1) is 0 Å². The highest BCUT2D eigenvalue weighted by Gasteiger charge is 2.17. The summed E-state index contributed by atoms with van der Waals surface area (Å²) >= 11 is 0. The highest BCUT2D eigenvalue weighted by molar-refractivity contribution is 5.97. The summed E-state index contributed by atoms with van der Waals surface area (Å²) in [5, 5.41) is 2.63. The number of hydrogen-bond donors (Lipinski definition) is 2. The topological polar surface area (TPSA) is 85.1 Å². The van der Waals surface area contributed by atoms with Crippen LogP contribution >= 0.6 is 0 Å². The number of amides is 2.